The number of halogens is 3. The van der Waals surface area contributed by atoms with Gasteiger partial charge in [0.2, 0.25) is 0 Å². The number of furan rings is 1. The summed E-state index contributed by atoms with van der Waals surface area (Å²) < 4.78 is 5.20. The molecule has 9 heteroatoms. The second-order valence-corrected chi connectivity index (χ2v) is 6.50. The topological polar surface area (TPSA) is 79.8 Å². The molecule has 1 aromatic carbocycles. The summed E-state index contributed by atoms with van der Waals surface area (Å²) in [6.07, 6.45) is 1.41. The lowest BCUT2D eigenvalue weighted by molar-refractivity contribution is 0.0535. The van der Waals surface area contributed by atoms with Crippen molar-refractivity contribution in [3.63, 3.8) is 0 Å². The van der Waals surface area contributed by atoms with Crippen molar-refractivity contribution in [2.75, 3.05) is 26.2 Å². The smallest absolute Gasteiger partial charge is 0.257 e. The predicted molar refractivity (Wildman–Crippen MR) is 102 cm³/mol. The van der Waals surface area contributed by atoms with Crippen molar-refractivity contribution in [3.8, 4) is 0 Å². The maximum atomic E-state index is 12.7. The minimum absolute atomic E-state index is 0. The van der Waals surface area contributed by atoms with E-state index in [1.54, 1.807) is 34.1 Å². The number of piperazine rings is 1. The van der Waals surface area contributed by atoms with Gasteiger partial charge < -0.3 is 20.0 Å². The lowest BCUT2D eigenvalue weighted by atomic mass is 10.1. The van der Waals surface area contributed by atoms with Gasteiger partial charge in [0.15, 0.2) is 0 Å². The van der Waals surface area contributed by atoms with Crippen molar-refractivity contribution in [1.29, 1.82) is 0 Å². The van der Waals surface area contributed by atoms with Crippen LogP contribution in [0.25, 0.3) is 0 Å². The van der Waals surface area contributed by atoms with E-state index in [0.29, 0.717) is 53.1 Å². The van der Waals surface area contributed by atoms with Gasteiger partial charge in [-0.15, -0.1) is 12.4 Å². The van der Waals surface area contributed by atoms with Gasteiger partial charge in [-0.25, -0.2) is 0 Å². The molecular weight excluding hydrogens is 401 g/mol. The Hall–Kier alpha value is -1.73. The molecule has 0 spiro atoms. The van der Waals surface area contributed by atoms with E-state index >= 15 is 0 Å². The molecule has 2 heterocycles. The first kappa shape index (κ1) is 20.6. The summed E-state index contributed by atoms with van der Waals surface area (Å²) in [6, 6.07) is 6.60. The fraction of sp³-hybridized carbons (Fsp3) is 0.294. The lowest BCUT2D eigenvalue weighted by Gasteiger charge is -2.34. The normalized spacial score (nSPS) is 14.1. The van der Waals surface area contributed by atoms with E-state index in [0.717, 1.165) is 0 Å². The largest absolute Gasteiger partial charge is 0.467 e. The average molecular weight is 419 g/mol. The van der Waals surface area contributed by atoms with E-state index in [-0.39, 0.29) is 30.8 Å². The highest BCUT2D eigenvalue weighted by Gasteiger charge is 2.28. The summed E-state index contributed by atoms with van der Waals surface area (Å²) >= 11 is 12.2. The van der Waals surface area contributed by atoms with Crippen LogP contribution in [0.3, 0.4) is 0 Å². The van der Waals surface area contributed by atoms with Gasteiger partial charge in [-0.1, -0.05) is 29.3 Å². The van der Waals surface area contributed by atoms with Crippen LogP contribution in [0.1, 0.15) is 26.5 Å². The Morgan fingerprint density at radius 2 is 1.58 bits per heavy atom. The molecule has 1 fully saturated rings. The van der Waals surface area contributed by atoms with Crippen LogP contribution in [0.2, 0.25) is 10.0 Å². The number of benzene rings is 1. The molecule has 0 aliphatic carbocycles. The number of carbonyl (C=O) groups is 2. The SMILES string of the molecule is Cl.NCc1cc(C(=O)N2CCN(C(=O)c3c(Cl)cccc3Cl)CC2)co1. The van der Waals surface area contributed by atoms with Crippen LogP contribution in [-0.4, -0.2) is 47.8 Å². The molecule has 140 valence electrons. The van der Waals surface area contributed by atoms with Gasteiger partial charge in [-0.05, 0) is 18.2 Å². The third kappa shape index (κ3) is 4.15. The highest BCUT2D eigenvalue weighted by atomic mass is 35.5. The van der Waals surface area contributed by atoms with E-state index in [9.17, 15) is 9.59 Å². The first-order valence-corrected chi connectivity index (χ1v) is 8.57. The number of amides is 2. The average Bonchev–Trinajstić information content (AvgIpc) is 3.10. The van der Waals surface area contributed by atoms with Crippen LogP contribution < -0.4 is 5.73 Å². The molecule has 0 saturated carbocycles. The zero-order valence-electron chi connectivity index (χ0n) is 13.8. The summed E-state index contributed by atoms with van der Waals surface area (Å²) in [6.45, 7) is 1.92. The van der Waals surface area contributed by atoms with Gasteiger partial charge in [0.1, 0.15) is 12.0 Å². The Bertz CT molecular complexity index is 781. The number of hydrogen-bond donors (Lipinski definition) is 1. The maximum Gasteiger partial charge on any atom is 0.257 e. The van der Waals surface area contributed by atoms with Crippen molar-refractivity contribution in [1.82, 2.24) is 9.80 Å². The van der Waals surface area contributed by atoms with Gasteiger partial charge in [0.05, 0.1) is 27.7 Å². The number of rotatable bonds is 3. The molecule has 26 heavy (non-hydrogen) atoms. The van der Waals surface area contributed by atoms with Crippen molar-refractivity contribution in [2.45, 2.75) is 6.54 Å². The molecule has 1 aromatic heterocycles. The van der Waals surface area contributed by atoms with Gasteiger partial charge in [0.25, 0.3) is 11.8 Å². The molecular formula is C17H18Cl3N3O3. The first-order valence-electron chi connectivity index (χ1n) is 7.81. The molecule has 2 amide bonds. The van der Waals surface area contributed by atoms with Crippen LogP contribution in [0.4, 0.5) is 0 Å². The van der Waals surface area contributed by atoms with Gasteiger partial charge >= 0.3 is 0 Å². The zero-order valence-corrected chi connectivity index (χ0v) is 16.1. The molecule has 0 radical (unpaired) electrons. The summed E-state index contributed by atoms with van der Waals surface area (Å²) in [5, 5.41) is 0.646. The zero-order chi connectivity index (χ0) is 18.0. The fourth-order valence-corrected chi connectivity index (χ4v) is 3.31. The molecule has 1 aliphatic rings. The fourth-order valence-electron chi connectivity index (χ4n) is 2.76. The molecule has 1 aliphatic heterocycles. The van der Waals surface area contributed by atoms with Crippen molar-refractivity contribution in [3.05, 3.63) is 57.5 Å². The molecule has 0 bridgehead atoms. The summed E-state index contributed by atoms with van der Waals surface area (Å²) in [7, 11) is 0. The molecule has 6 nitrogen and oxygen atoms in total. The predicted octanol–water partition coefficient (Wildman–Crippen LogP) is 3.07. The third-order valence-electron chi connectivity index (χ3n) is 4.13. The molecule has 3 rings (SSSR count). The highest BCUT2D eigenvalue weighted by molar-refractivity contribution is 6.39. The van der Waals surface area contributed by atoms with Crippen LogP contribution >= 0.6 is 35.6 Å². The van der Waals surface area contributed by atoms with Crippen LogP contribution in [-0.2, 0) is 6.54 Å². The molecule has 2 aromatic rings. The third-order valence-corrected chi connectivity index (χ3v) is 4.76. The number of nitrogens with zero attached hydrogens (tertiary/aromatic N) is 2. The van der Waals surface area contributed by atoms with Gasteiger partial charge in [0, 0.05) is 26.2 Å². The van der Waals surface area contributed by atoms with Crippen molar-refractivity contribution in [2.24, 2.45) is 5.73 Å². The summed E-state index contributed by atoms with van der Waals surface area (Å²) in [5.41, 5.74) is 6.25. The molecule has 2 N–H and O–H groups in total. The quantitative estimate of drug-likeness (QED) is 0.831. The van der Waals surface area contributed by atoms with Crippen molar-refractivity contribution < 1.29 is 14.0 Å². The van der Waals surface area contributed by atoms with Gasteiger partial charge in [-0.2, -0.15) is 0 Å². The highest BCUT2D eigenvalue weighted by Crippen LogP contribution is 2.26. The van der Waals surface area contributed by atoms with E-state index in [1.807, 2.05) is 0 Å². The summed E-state index contributed by atoms with van der Waals surface area (Å²) in [5.74, 6) is 0.202. The second kappa shape index (κ2) is 8.77. The lowest BCUT2D eigenvalue weighted by Crippen LogP contribution is -2.50. The number of carbonyl (C=O) groups excluding carboxylic acids is 2. The number of nitrogens with two attached hydrogens (primary N) is 1. The van der Waals surface area contributed by atoms with E-state index in [2.05, 4.69) is 0 Å². The Kier molecular flexibility index (Phi) is 6.94. The molecule has 0 unspecified atom stereocenters. The summed E-state index contributed by atoms with van der Waals surface area (Å²) in [4.78, 5) is 28.5. The molecule has 1 saturated heterocycles. The van der Waals surface area contributed by atoms with E-state index < -0.39 is 0 Å². The van der Waals surface area contributed by atoms with Crippen LogP contribution in [0.5, 0.6) is 0 Å². The minimum atomic E-state index is -0.226. The second-order valence-electron chi connectivity index (χ2n) is 5.69. The monoisotopic (exact) mass is 417 g/mol. The van der Waals surface area contributed by atoms with Crippen LogP contribution in [0, 0.1) is 0 Å². The number of hydrogen-bond acceptors (Lipinski definition) is 4. The maximum absolute atomic E-state index is 12.7. The Balaban J connectivity index is 0.00000243. The van der Waals surface area contributed by atoms with E-state index in [4.69, 9.17) is 33.4 Å². The Morgan fingerprint density at radius 3 is 2.08 bits per heavy atom. The van der Waals surface area contributed by atoms with E-state index in [1.165, 1.54) is 6.26 Å². The van der Waals surface area contributed by atoms with Crippen molar-refractivity contribution >= 4 is 47.4 Å². The van der Waals surface area contributed by atoms with Gasteiger partial charge in [-0.3, -0.25) is 9.59 Å². The Labute approximate surface area is 167 Å². The molecule has 0 atom stereocenters. The minimum Gasteiger partial charge on any atom is -0.467 e. The van der Waals surface area contributed by atoms with Crippen LogP contribution in [0.15, 0.2) is 34.9 Å². The standard InChI is InChI=1S/C17H17Cl2N3O3.ClH/c18-13-2-1-3-14(19)15(13)17(24)22-6-4-21(5-7-22)16(23)11-8-12(9-20)25-10-11;/h1-3,8,10H,4-7,9,20H2;1H. The Morgan fingerprint density at radius 1 is 1.04 bits per heavy atom. The first-order chi connectivity index (χ1) is 12.0.